The van der Waals surface area contributed by atoms with Crippen LogP contribution in [0.15, 0.2) is 18.2 Å². The van der Waals surface area contributed by atoms with E-state index in [0.717, 1.165) is 7.14 Å². The number of carbonyl (C=O) groups excluding carboxylic acids is 3. The summed E-state index contributed by atoms with van der Waals surface area (Å²) in [5.74, 6) is -1.39. The van der Waals surface area contributed by atoms with E-state index in [1.165, 1.54) is 0 Å². The van der Waals surface area contributed by atoms with Crippen LogP contribution >= 0.6 is 45.2 Å². The molecule has 0 saturated carbocycles. The van der Waals surface area contributed by atoms with Crippen molar-refractivity contribution in [2.75, 3.05) is 26.4 Å². The Bertz CT molecular complexity index is 864. The van der Waals surface area contributed by atoms with E-state index in [1.807, 2.05) is 28.7 Å². The van der Waals surface area contributed by atoms with Crippen molar-refractivity contribution in [1.82, 2.24) is 0 Å². The lowest BCUT2D eigenvalue weighted by molar-refractivity contribution is -0.161. The monoisotopic (exact) mass is 688 g/mol. The van der Waals surface area contributed by atoms with Crippen LogP contribution in [0, 0.1) is 18.0 Å². The molecule has 1 aromatic carbocycles. The Morgan fingerprint density at radius 2 is 1.58 bits per heavy atom. The highest BCUT2D eigenvalue weighted by molar-refractivity contribution is 14.1. The summed E-state index contributed by atoms with van der Waals surface area (Å²) in [5.41, 5.74) is -1.22. The van der Waals surface area contributed by atoms with Crippen molar-refractivity contribution < 1.29 is 38.4 Å². The van der Waals surface area contributed by atoms with Gasteiger partial charge in [-0.05, 0) is 104 Å². The number of aliphatic hydroxyl groups excluding tert-OH is 1. The summed E-state index contributed by atoms with van der Waals surface area (Å²) in [4.78, 5) is 37.0. The van der Waals surface area contributed by atoms with Gasteiger partial charge in [0.15, 0.2) is 0 Å². The molecule has 1 aliphatic rings. The predicted molar refractivity (Wildman–Crippen MR) is 137 cm³/mol. The molecule has 0 bridgehead atoms. The molecule has 1 saturated heterocycles. The largest absolute Gasteiger partial charge is 0.462 e. The van der Waals surface area contributed by atoms with Crippen LogP contribution in [-0.2, 0) is 28.5 Å². The quantitative estimate of drug-likeness (QED) is 0.153. The molecule has 2 unspecified atom stereocenters. The minimum atomic E-state index is -1.15. The lowest BCUT2D eigenvalue weighted by atomic mass is 9.79. The number of epoxide rings is 1. The number of rotatable bonds is 12. The van der Waals surface area contributed by atoms with Crippen LogP contribution in [0.1, 0.15) is 50.9 Å². The van der Waals surface area contributed by atoms with Gasteiger partial charge in [0.05, 0.1) is 23.0 Å². The zero-order chi connectivity index (χ0) is 24.8. The SMILES string of the molecule is CC(C)(CCC(C)(C)C(=O)OCC1CO1)C(=O)OCC(O)COC(=O)c1ccc(I)cc1I. The first-order valence-corrected chi connectivity index (χ1v) is 12.7. The number of benzene rings is 1. The molecule has 2 atom stereocenters. The molecule has 8 nitrogen and oxygen atoms in total. The van der Waals surface area contributed by atoms with Gasteiger partial charge in [0, 0.05) is 7.14 Å². The molecule has 0 radical (unpaired) electrons. The van der Waals surface area contributed by atoms with Crippen molar-refractivity contribution >= 4 is 63.1 Å². The standard InChI is InChI=1S/C23H30I2O8/c1-22(2,7-8-23(3,4)21(29)33-13-16-12-30-16)20(28)32-11-15(26)10-31-19(27)17-6-5-14(24)9-18(17)25/h5-6,9,15-16,26H,7-8,10-13H2,1-4H3. The molecule has 1 aromatic rings. The maximum Gasteiger partial charge on any atom is 0.339 e. The van der Waals surface area contributed by atoms with E-state index >= 15 is 0 Å². The van der Waals surface area contributed by atoms with E-state index in [-0.39, 0.29) is 31.9 Å². The van der Waals surface area contributed by atoms with Gasteiger partial charge in [-0.1, -0.05) is 0 Å². The van der Waals surface area contributed by atoms with Crippen LogP contribution in [-0.4, -0.2) is 61.6 Å². The zero-order valence-corrected chi connectivity index (χ0v) is 23.5. The molecule has 33 heavy (non-hydrogen) atoms. The Balaban J connectivity index is 1.74. The minimum Gasteiger partial charge on any atom is -0.462 e. The Kier molecular flexibility index (Phi) is 10.4. The van der Waals surface area contributed by atoms with E-state index in [1.54, 1.807) is 39.8 Å². The molecule has 0 amide bonds. The second-order valence-electron chi connectivity index (χ2n) is 9.30. The second-order valence-corrected chi connectivity index (χ2v) is 11.7. The van der Waals surface area contributed by atoms with Crippen LogP contribution in [0.4, 0.5) is 0 Å². The van der Waals surface area contributed by atoms with E-state index in [9.17, 15) is 19.5 Å². The molecule has 0 aromatic heterocycles. The molecule has 0 spiro atoms. The Morgan fingerprint density at radius 1 is 1.03 bits per heavy atom. The van der Waals surface area contributed by atoms with Crippen LogP contribution in [0.2, 0.25) is 0 Å². The molecule has 0 aliphatic carbocycles. The summed E-state index contributed by atoms with van der Waals surface area (Å²) >= 11 is 4.20. The number of aliphatic hydroxyl groups is 1. The van der Waals surface area contributed by atoms with Crippen molar-refractivity contribution in [3.05, 3.63) is 30.9 Å². The van der Waals surface area contributed by atoms with Gasteiger partial charge in [-0.3, -0.25) is 9.59 Å². The molecule has 1 aliphatic heterocycles. The zero-order valence-electron chi connectivity index (χ0n) is 19.2. The van der Waals surface area contributed by atoms with E-state index in [0.29, 0.717) is 25.0 Å². The van der Waals surface area contributed by atoms with Crippen LogP contribution in [0.5, 0.6) is 0 Å². The summed E-state index contributed by atoms with van der Waals surface area (Å²) < 4.78 is 22.4. The van der Waals surface area contributed by atoms with E-state index < -0.39 is 28.9 Å². The first-order chi connectivity index (χ1) is 15.3. The summed E-state index contributed by atoms with van der Waals surface area (Å²) in [7, 11) is 0. The van der Waals surface area contributed by atoms with Gasteiger partial charge in [0.1, 0.15) is 32.0 Å². The fraction of sp³-hybridized carbons (Fsp3) is 0.609. The number of ether oxygens (including phenoxy) is 4. The maximum atomic E-state index is 12.5. The third-order valence-electron chi connectivity index (χ3n) is 5.25. The summed E-state index contributed by atoms with van der Waals surface area (Å²) in [6.45, 7) is 7.26. The summed E-state index contributed by atoms with van der Waals surface area (Å²) in [6.07, 6.45) is -0.327. The normalized spacial score (nSPS) is 16.6. The van der Waals surface area contributed by atoms with Crippen molar-refractivity contribution in [1.29, 1.82) is 0 Å². The minimum absolute atomic E-state index is 0.00191. The number of hydrogen-bond donors (Lipinski definition) is 1. The molecule has 184 valence electrons. The van der Waals surface area contributed by atoms with Gasteiger partial charge in [0.2, 0.25) is 0 Å². The lowest BCUT2D eigenvalue weighted by Gasteiger charge is -2.28. The molecule has 2 rings (SSSR count). The Hall–Kier alpha value is -0.990. The molecule has 10 heteroatoms. The Morgan fingerprint density at radius 3 is 2.12 bits per heavy atom. The van der Waals surface area contributed by atoms with Crippen LogP contribution in [0.3, 0.4) is 0 Å². The Labute approximate surface area is 221 Å². The third kappa shape index (κ3) is 9.29. The smallest absolute Gasteiger partial charge is 0.339 e. The number of hydrogen-bond acceptors (Lipinski definition) is 8. The van der Waals surface area contributed by atoms with E-state index in [2.05, 4.69) is 22.6 Å². The first-order valence-electron chi connectivity index (χ1n) is 10.6. The third-order valence-corrected chi connectivity index (χ3v) is 6.81. The van der Waals surface area contributed by atoms with Crippen molar-refractivity contribution in [3.63, 3.8) is 0 Å². The van der Waals surface area contributed by atoms with Gasteiger partial charge in [-0.2, -0.15) is 0 Å². The fourth-order valence-electron chi connectivity index (χ4n) is 2.68. The maximum absolute atomic E-state index is 12.5. The van der Waals surface area contributed by atoms with E-state index in [4.69, 9.17) is 18.9 Å². The second kappa shape index (κ2) is 12.1. The highest BCUT2D eigenvalue weighted by Crippen LogP contribution is 2.33. The number of carbonyl (C=O) groups is 3. The van der Waals surface area contributed by atoms with Crippen molar-refractivity contribution in [3.8, 4) is 0 Å². The summed E-state index contributed by atoms with van der Waals surface area (Å²) in [6, 6.07) is 5.31. The average Bonchev–Trinajstić information content (AvgIpc) is 3.57. The predicted octanol–water partition coefficient (Wildman–Crippen LogP) is 3.73. The summed E-state index contributed by atoms with van der Waals surface area (Å²) in [5, 5.41) is 10.1. The highest BCUT2D eigenvalue weighted by atomic mass is 127. The number of halogens is 2. The van der Waals surface area contributed by atoms with Gasteiger partial charge in [0.25, 0.3) is 0 Å². The van der Waals surface area contributed by atoms with Gasteiger partial charge in [-0.15, -0.1) is 0 Å². The van der Waals surface area contributed by atoms with Gasteiger partial charge >= 0.3 is 17.9 Å². The fourth-order valence-corrected chi connectivity index (χ4v) is 4.50. The molecular weight excluding hydrogens is 658 g/mol. The topological polar surface area (TPSA) is 112 Å². The van der Waals surface area contributed by atoms with Crippen molar-refractivity contribution in [2.45, 2.75) is 52.7 Å². The van der Waals surface area contributed by atoms with Gasteiger partial charge < -0.3 is 24.1 Å². The highest BCUT2D eigenvalue weighted by Gasteiger charge is 2.37. The number of esters is 3. The molecule has 1 heterocycles. The van der Waals surface area contributed by atoms with Crippen LogP contribution < -0.4 is 0 Å². The molecule has 1 N–H and O–H groups in total. The molecular formula is C23H30I2O8. The van der Waals surface area contributed by atoms with Gasteiger partial charge in [-0.25, -0.2) is 4.79 Å². The molecule has 1 fully saturated rings. The van der Waals surface area contributed by atoms with Crippen molar-refractivity contribution in [2.24, 2.45) is 10.8 Å². The first kappa shape index (κ1) is 28.2. The van der Waals surface area contributed by atoms with Crippen LogP contribution in [0.25, 0.3) is 0 Å². The lowest BCUT2D eigenvalue weighted by Crippen LogP contribution is -2.34. The average molecular weight is 688 g/mol.